The Morgan fingerprint density at radius 1 is 1.21 bits per heavy atom. The highest BCUT2D eigenvalue weighted by molar-refractivity contribution is 5.85. The van der Waals surface area contributed by atoms with Gasteiger partial charge in [0.15, 0.2) is 0 Å². The number of nitrogens with zero attached hydrogens (tertiary/aromatic N) is 1. The molecule has 24 heavy (non-hydrogen) atoms. The molecule has 0 radical (unpaired) electrons. The summed E-state index contributed by atoms with van der Waals surface area (Å²) >= 11 is 0. The lowest BCUT2D eigenvalue weighted by atomic mass is 9.85. The second-order valence-electron chi connectivity index (χ2n) is 7.21. The first-order valence-electron chi connectivity index (χ1n) is 8.29. The van der Waals surface area contributed by atoms with E-state index in [1.54, 1.807) is 0 Å². The van der Waals surface area contributed by atoms with Crippen LogP contribution in [0.25, 0.3) is 0 Å². The van der Waals surface area contributed by atoms with E-state index in [-0.39, 0.29) is 24.0 Å². The Balaban J connectivity index is 0.00000288. The standard InChI is InChI=1S/C19H29NO3.ClH/c1-12-13(2)18-16(14(3)17(12)22-15(4)21)8-9-19(5,23-18)10-11-20(6)7;/h8-11H2,1-7H3;1H. The van der Waals surface area contributed by atoms with Crippen LogP contribution in [0.3, 0.4) is 0 Å². The van der Waals surface area contributed by atoms with Crippen LogP contribution in [0.4, 0.5) is 0 Å². The maximum atomic E-state index is 11.4. The number of hydrogen-bond donors (Lipinski definition) is 0. The molecule has 1 atom stereocenters. The van der Waals surface area contributed by atoms with Crippen molar-refractivity contribution < 1.29 is 14.3 Å². The second-order valence-corrected chi connectivity index (χ2v) is 7.21. The summed E-state index contributed by atoms with van der Waals surface area (Å²) in [5.41, 5.74) is 4.16. The van der Waals surface area contributed by atoms with Gasteiger partial charge in [-0.2, -0.15) is 0 Å². The molecule has 1 heterocycles. The van der Waals surface area contributed by atoms with Gasteiger partial charge in [-0.25, -0.2) is 0 Å². The largest absolute Gasteiger partial charge is 0.487 e. The Labute approximate surface area is 151 Å². The molecule has 1 unspecified atom stereocenters. The maximum absolute atomic E-state index is 11.4. The van der Waals surface area contributed by atoms with Gasteiger partial charge in [-0.05, 0) is 77.7 Å². The van der Waals surface area contributed by atoms with Gasteiger partial charge >= 0.3 is 5.97 Å². The van der Waals surface area contributed by atoms with Crippen LogP contribution in [0.1, 0.15) is 48.9 Å². The molecule has 5 heteroatoms. The molecule has 0 fully saturated rings. The van der Waals surface area contributed by atoms with E-state index in [9.17, 15) is 4.79 Å². The predicted octanol–water partition coefficient (Wildman–Crippen LogP) is 3.99. The third kappa shape index (κ3) is 4.22. The monoisotopic (exact) mass is 355 g/mol. The molecule has 1 aromatic carbocycles. The summed E-state index contributed by atoms with van der Waals surface area (Å²) in [5.74, 6) is 1.42. The number of carbonyl (C=O) groups excluding carboxylic acids is 1. The van der Waals surface area contributed by atoms with Crippen molar-refractivity contribution >= 4 is 18.4 Å². The molecule has 0 saturated heterocycles. The molecular weight excluding hydrogens is 326 g/mol. The number of carbonyl (C=O) groups is 1. The molecule has 0 spiro atoms. The van der Waals surface area contributed by atoms with Crippen molar-refractivity contribution in [3.8, 4) is 11.5 Å². The van der Waals surface area contributed by atoms with Gasteiger partial charge in [0, 0.05) is 19.0 Å². The highest BCUT2D eigenvalue weighted by Crippen LogP contribution is 2.44. The van der Waals surface area contributed by atoms with Crippen LogP contribution in [0, 0.1) is 20.8 Å². The van der Waals surface area contributed by atoms with Gasteiger partial charge in [0.2, 0.25) is 0 Å². The fourth-order valence-electron chi connectivity index (χ4n) is 3.21. The SMILES string of the molecule is CC(=O)Oc1c(C)c(C)c2c(c1C)CCC(C)(CCN(C)C)O2.Cl. The predicted molar refractivity (Wildman–Crippen MR) is 99.7 cm³/mol. The first-order valence-corrected chi connectivity index (χ1v) is 8.29. The van der Waals surface area contributed by atoms with Crippen LogP contribution >= 0.6 is 12.4 Å². The van der Waals surface area contributed by atoms with Crippen molar-refractivity contribution in [3.05, 3.63) is 22.3 Å². The molecule has 0 bridgehead atoms. The average molecular weight is 356 g/mol. The highest BCUT2D eigenvalue weighted by Gasteiger charge is 2.34. The topological polar surface area (TPSA) is 38.8 Å². The summed E-state index contributed by atoms with van der Waals surface area (Å²) < 4.78 is 11.9. The molecule has 4 nitrogen and oxygen atoms in total. The van der Waals surface area contributed by atoms with E-state index in [2.05, 4.69) is 32.8 Å². The maximum Gasteiger partial charge on any atom is 0.308 e. The Morgan fingerprint density at radius 3 is 2.38 bits per heavy atom. The number of benzene rings is 1. The molecule has 0 amide bonds. The summed E-state index contributed by atoms with van der Waals surface area (Å²) in [6.45, 7) is 10.7. The minimum atomic E-state index is -0.275. The molecule has 1 aliphatic heterocycles. The summed E-state index contributed by atoms with van der Waals surface area (Å²) in [7, 11) is 4.18. The number of fused-ring (bicyclic) bond motifs is 1. The van der Waals surface area contributed by atoms with Crippen LogP contribution in [0.5, 0.6) is 11.5 Å². The molecular formula is C19H30ClNO3. The quantitative estimate of drug-likeness (QED) is 0.604. The Morgan fingerprint density at radius 2 is 1.83 bits per heavy atom. The third-order valence-electron chi connectivity index (χ3n) is 4.90. The summed E-state index contributed by atoms with van der Waals surface area (Å²) in [6.07, 6.45) is 2.94. The molecule has 0 aromatic heterocycles. The van der Waals surface area contributed by atoms with Gasteiger partial charge < -0.3 is 14.4 Å². The number of esters is 1. The Hall–Kier alpha value is -1.26. The number of halogens is 1. The van der Waals surface area contributed by atoms with E-state index in [1.165, 1.54) is 12.5 Å². The average Bonchev–Trinajstić information content (AvgIpc) is 2.47. The summed E-state index contributed by atoms with van der Waals surface area (Å²) in [5, 5.41) is 0. The Bertz CT molecular complexity index is 628. The zero-order valence-corrected chi connectivity index (χ0v) is 16.7. The van der Waals surface area contributed by atoms with E-state index in [1.807, 2.05) is 13.8 Å². The molecule has 2 rings (SSSR count). The number of hydrogen-bond acceptors (Lipinski definition) is 4. The van der Waals surface area contributed by atoms with Crippen LogP contribution in [0.15, 0.2) is 0 Å². The van der Waals surface area contributed by atoms with Crippen LogP contribution < -0.4 is 9.47 Å². The van der Waals surface area contributed by atoms with Gasteiger partial charge in [0.05, 0.1) is 0 Å². The first kappa shape index (κ1) is 20.8. The van der Waals surface area contributed by atoms with E-state index < -0.39 is 0 Å². The van der Waals surface area contributed by atoms with Crippen molar-refractivity contribution in [2.24, 2.45) is 0 Å². The lowest BCUT2D eigenvalue weighted by Crippen LogP contribution is -2.39. The molecule has 0 saturated carbocycles. The van der Waals surface area contributed by atoms with Gasteiger partial charge in [0.1, 0.15) is 17.1 Å². The lowest BCUT2D eigenvalue weighted by molar-refractivity contribution is -0.132. The highest BCUT2D eigenvalue weighted by atomic mass is 35.5. The molecule has 0 aliphatic carbocycles. The zero-order valence-electron chi connectivity index (χ0n) is 15.9. The fraction of sp³-hybridized carbons (Fsp3) is 0.632. The van der Waals surface area contributed by atoms with Crippen molar-refractivity contribution in [2.75, 3.05) is 20.6 Å². The zero-order chi connectivity index (χ0) is 17.4. The second kappa shape index (κ2) is 7.75. The van der Waals surface area contributed by atoms with E-state index in [0.717, 1.165) is 48.2 Å². The smallest absolute Gasteiger partial charge is 0.308 e. The van der Waals surface area contributed by atoms with Crippen molar-refractivity contribution in [2.45, 2.75) is 59.5 Å². The minimum absolute atomic E-state index is 0. The van der Waals surface area contributed by atoms with Crippen molar-refractivity contribution in [1.82, 2.24) is 4.90 Å². The molecule has 0 N–H and O–H groups in total. The Kier molecular flexibility index (Phi) is 6.71. The lowest BCUT2D eigenvalue weighted by Gasteiger charge is -2.38. The van der Waals surface area contributed by atoms with Crippen molar-refractivity contribution in [3.63, 3.8) is 0 Å². The van der Waals surface area contributed by atoms with Gasteiger partial charge in [-0.3, -0.25) is 4.79 Å². The molecule has 1 aliphatic rings. The number of ether oxygens (including phenoxy) is 2. The van der Waals surface area contributed by atoms with Crippen LogP contribution in [-0.4, -0.2) is 37.1 Å². The van der Waals surface area contributed by atoms with E-state index >= 15 is 0 Å². The van der Waals surface area contributed by atoms with Gasteiger partial charge in [-0.15, -0.1) is 12.4 Å². The number of rotatable bonds is 4. The minimum Gasteiger partial charge on any atom is -0.487 e. The van der Waals surface area contributed by atoms with Crippen LogP contribution in [-0.2, 0) is 11.2 Å². The first-order chi connectivity index (χ1) is 10.6. The summed E-state index contributed by atoms with van der Waals surface area (Å²) in [6, 6.07) is 0. The normalized spacial score (nSPS) is 19.3. The van der Waals surface area contributed by atoms with Gasteiger partial charge in [-0.1, -0.05) is 0 Å². The third-order valence-corrected chi connectivity index (χ3v) is 4.90. The van der Waals surface area contributed by atoms with E-state index in [0.29, 0.717) is 5.75 Å². The van der Waals surface area contributed by atoms with Crippen molar-refractivity contribution in [1.29, 1.82) is 0 Å². The van der Waals surface area contributed by atoms with Crippen LogP contribution in [0.2, 0.25) is 0 Å². The summed E-state index contributed by atoms with van der Waals surface area (Å²) in [4.78, 5) is 13.6. The van der Waals surface area contributed by atoms with Gasteiger partial charge in [0.25, 0.3) is 0 Å². The fourth-order valence-corrected chi connectivity index (χ4v) is 3.21. The molecule has 136 valence electrons. The molecule has 1 aromatic rings. The van der Waals surface area contributed by atoms with E-state index in [4.69, 9.17) is 9.47 Å².